The van der Waals surface area contributed by atoms with Crippen LogP contribution in [0.15, 0.2) is 48.5 Å². The fourth-order valence-corrected chi connectivity index (χ4v) is 2.39. The Morgan fingerprint density at radius 2 is 1.88 bits per heavy atom. The van der Waals surface area contributed by atoms with Crippen molar-refractivity contribution in [2.24, 2.45) is 0 Å². The second-order valence-electron chi connectivity index (χ2n) is 5.79. The van der Waals surface area contributed by atoms with Crippen LogP contribution in [-0.2, 0) is 4.79 Å². The first-order chi connectivity index (χ1) is 12.6. The van der Waals surface area contributed by atoms with Gasteiger partial charge in [-0.25, -0.2) is 0 Å². The summed E-state index contributed by atoms with van der Waals surface area (Å²) in [6.45, 7) is 2.81. The Hall–Kier alpha value is -3.02. The van der Waals surface area contributed by atoms with E-state index < -0.39 is 0 Å². The van der Waals surface area contributed by atoms with Crippen LogP contribution < -0.4 is 20.7 Å². The number of carbonyl (C=O) groups is 2. The van der Waals surface area contributed by atoms with Crippen LogP contribution in [0.25, 0.3) is 0 Å². The molecule has 0 bridgehead atoms. The van der Waals surface area contributed by atoms with E-state index in [0.29, 0.717) is 23.5 Å². The molecule has 0 spiro atoms. The summed E-state index contributed by atoms with van der Waals surface area (Å²) in [6.07, 6.45) is 1.96. The average Bonchev–Trinajstić information content (AvgIpc) is 2.67. The van der Waals surface area contributed by atoms with Gasteiger partial charge in [0.25, 0.3) is 5.91 Å². The molecule has 6 heteroatoms. The van der Waals surface area contributed by atoms with Crippen molar-refractivity contribution in [2.45, 2.75) is 19.8 Å². The normalized spacial score (nSPS) is 10.1. The van der Waals surface area contributed by atoms with Gasteiger partial charge >= 0.3 is 0 Å². The molecule has 0 radical (unpaired) electrons. The van der Waals surface area contributed by atoms with Gasteiger partial charge in [-0.1, -0.05) is 31.5 Å². The third-order valence-corrected chi connectivity index (χ3v) is 3.77. The number of para-hydroxylation sites is 2. The fourth-order valence-electron chi connectivity index (χ4n) is 2.39. The maximum absolute atomic E-state index is 12.2. The third-order valence-electron chi connectivity index (χ3n) is 3.77. The number of amides is 2. The summed E-state index contributed by atoms with van der Waals surface area (Å²) < 4.78 is 5.24. The zero-order valence-electron chi connectivity index (χ0n) is 15.2. The van der Waals surface area contributed by atoms with Crippen LogP contribution >= 0.6 is 0 Å². The van der Waals surface area contributed by atoms with E-state index in [2.05, 4.69) is 22.9 Å². The molecule has 2 rings (SSSR count). The molecule has 0 aliphatic heterocycles. The van der Waals surface area contributed by atoms with Crippen LogP contribution in [0.5, 0.6) is 5.75 Å². The summed E-state index contributed by atoms with van der Waals surface area (Å²) in [5.74, 6) is 0.326. The number of benzene rings is 2. The van der Waals surface area contributed by atoms with E-state index in [0.717, 1.165) is 18.5 Å². The molecule has 2 aromatic carbocycles. The van der Waals surface area contributed by atoms with Gasteiger partial charge in [0.15, 0.2) is 0 Å². The van der Waals surface area contributed by atoms with E-state index in [9.17, 15) is 9.59 Å². The first kappa shape index (κ1) is 19.3. The number of ether oxygens (including phenoxy) is 1. The fraction of sp³-hybridized carbons (Fsp3) is 0.300. The Morgan fingerprint density at radius 1 is 1.08 bits per heavy atom. The molecule has 0 heterocycles. The maximum Gasteiger partial charge on any atom is 0.251 e. The van der Waals surface area contributed by atoms with Gasteiger partial charge < -0.3 is 20.7 Å². The Kier molecular flexibility index (Phi) is 7.49. The van der Waals surface area contributed by atoms with Crippen LogP contribution in [-0.4, -0.2) is 32.0 Å². The lowest BCUT2D eigenvalue weighted by Gasteiger charge is -2.11. The summed E-state index contributed by atoms with van der Waals surface area (Å²) in [6, 6.07) is 14.3. The van der Waals surface area contributed by atoms with Crippen molar-refractivity contribution in [1.29, 1.82) is 0 Å². The van der Waals surface area contributed by atoms with Crippen LogP contribution in [0, 0.1) is 0 Å². The molecule has 3 N–H and O–H groups in total. The average molecular weight is 355 g/mol. The Labute approximate surface area is 153 Å². The number of hydrogen-bond acceptors (Lipinski definition) is 4. The molecule has 0 aliphatic rings. The first-order valence-electron chi connectivity index (χ1n) is 8.69. The van der Waals surface area contributed by atoms with Crippen LogP contribution in [0.1, 0.15) is 30.1 Å². The van der Waals surface area contributed by atoms with Crippen LogP contribution in [0.2, 0.25) is 0 Å². The predicted molar refractivity (Wildman–Crippen MR) is 104 cm³/mol. The number of anilines is 2. The molecule has 0 saturated heterocycles. The number of nitrogens with one attached hydrogen (secondary N) is 3. The largest absolute Gasteiger partial charge is 0.495 e. The highest BCUT2D eigenvalue weighted by atomic mass is 16.5. The minimum atomic E-state index is -0.209. The topological polar surface area (TPSA) is 79.5 Å². The second-order valence-corrected chi connectivity index (χ2v) is 5.79. The molecule has 2 aromatic rings. The molecule has 138 valence electrons. The standard InChI is InChI=1S/C20H25N3O3/c1-3-4-12-21-20(25)15-8-7-9-16(13-15)23-19(24)14-22-17-10-5-6-11-18(17)26-2/h5-11,13,22H,3-4,12,14H2,1-2H3,(H,21,25)(H,23,24). The number of methoxy groups -OCH3 is 1. The van der Waals surface area contributed by atoms with Gasteiger partial charge in [0.05, 0.1) is 19.3 Å². The quantitative estimate of drug-likeness (QED) is 0.603. The monoisotopic (exact) mass is 355 g/mol. The Morgan fingerprint density at radius 3 is 2.65 bits per heavy atom. The minimum absolute atomic E-state index is 0.0906. The van der Waals surface area contributed by atoms with E-state index in [-0.39, 0.29) is 18.4 Å². The van der Waals surface area contributed by atoms with Crippen molar-refractivity contribution in [3.8, 4) is 5.75 Å². The molecule has 0 fully saturated rings. The lowest BCUT2D eigenvalue weighted by atomic mass is 10.2. The van der Waals surface area contributed by atoms with Gasteiger partial charge in [0, 0.05) is 17.8 Å². The summed E-state index contributed by atoms with van der Waals surface area (Å²) >= 11 is 0. The summed E-state index contributed by atoms with van der Waals surface area (Å²) in [7, 11) is 1.58. The molecule has 0 saturated carbocycles. The lowest BCUT2D eigenvalue weighted by molar-refractivity contribution is -0.114. The highest BCUT2D eigenvalue weighted by Crippen LogP contribution is 2.22. The van der Waals surface area contributed by atoms with Crippen molar-refractivity contribution in [3.05, 3.63) is 54.1 Å². The number of unbranched alkanes of at least 4 members (excludes halogenated alkanes) is 1. The summed E-state index contributed by atoms with van der Waals surface area (Å²) in [4.78, 5) is 24.3. The summed E-state index contributed by atoms with van der Waals surface area (Å²) in [5.41, 5.74) is 1.85. The molecule has 0 unspecified atom stereocenters. The number of hydrogen-bond donors (Lipinski definition) is 3. The second kappa shape index (κ2) is 10.1. The van der Waals surface area contributed by atoms with Crippen molar-refractivity contribution < 1.29 is 14.3 Å². The highest BCUT2D eigenvalue weighted by Gasteiger charge is 2.08. The Bertz CT molecular complexity index is 747. The van der Waals surface area contributed by atoms with Crippen LogP contribution in [0.4, 0.5) is 11.4 Å². The number of rotatable bonds is 9. The van der Waals surface area contributed by atoms with Crippen molar-refractivity contribution >= 4 is 23.2 Å². The van der Waals surface area contributed by atoms with E-state index in [1.54, 1.807) is 31.4 Å². The van der Waals surface area contributed by atoms with Gasteiger partial charge in [-0.15, -0.1) is 0 Å². The van der Waals surface area contributed by atoms with Gasteiger partial charge in [-0.3, -0.25) is 9.59 Å². The van der Waals surface area contributed by atoms with Gasteiger partial charge in [0.1, 0.15) is 5.75 Å². The molecule has 0 atom stereocenters. The number of carbonyl (C=O) groups excluding carboxylic acids is 2. The molecule has 2 amide bonds. The first-order valence-corrected chi connectivity index (χ1v) is 8.69. The lowest BCUT2D eigenvalue weighted by Crippen LogP contribution is -2.25. The zero-order valence-corrected chi connectivity index (χ0v) is 15.2. The van der Waals surface area contributed by atoms with Crippen molar-refractivity contribution in [1.82, 2.24) is 5.32 Å². The molecule has 0 aliphatic carbocycles. The predicted octanol–water partition coefficient (Wildman–Crippen LogP) is 3.28. The highest BCUT2D eigenvalue weighted by molar-refractivity contribution is 5.98. The van der Waals surface area contributed by atoms with Crippen LogP contribution in [0.3, 0.4) is 0 Å². The van der Waals surface area contributed by atoms with E-state index >= 15 is 0 Å². The smallest absolute Gasteiger partial charge is 0.251 e. The van der Waals surface area contributed by atoms with Crippen molar-refractivity contribution in [3.63, 3.8) is 0 Å². The SMILES string of the molecule is CCCCNC(=O)c1cccc(NC(=O)CNc2ccccc2OC)c1. The molecular formula is C20H25N3O3. The molecule has 0 aromatic heterocycles. The molecular weight excluding hydrogens is 330 g/mol. The maximum atomic E-state index is 12.2. The minimum Gasteiger partial charge on any atom is -0.495 e. The van der Waals surface area contributed by atoms with E-state index in [4.69, 9.17) is 4.74 Å². The zero-order chi connectivity index (χ0) is 18.8. The van der Waals surface area contributed by atoms with Gasteiger partial charge in [-0.05, 0) is 36.8 Å². The van der Waals surface area contributed by atoms with Gasteiger partial charge in [0.2, 0.25) is 5.91 Å². The third kappa shape index (κ3) is 5.81. The van der Waals surface area contributed by atoms with E-state index in [1.807, 2.05) is 24.3 Å². The van der Waals surface area contributed by atoms with Gasteiger partial charge in [-0.2, -0.15) is 0 Å². The van der Waals surface area contributed by atoms with Crippen molar-refractivity contribution in [2.75, 3.05) is 30.8 Å². The van der Waals surface area contributed by atoms with E-state index in [1.165, 1.54) is 0 Å². The Balaban J connectivity index is 1.90. The molecule has 26 heavy (non-hydrogen) atoms. The molecule has 6 nitrogen and oxygen atoms in total. The summed E-state index contributed by atoms with van der Waals surface area (Å²) in [5, 5.41) is 8.69.